The van der Waals surface area contributed by atoms with Crippen LogP contribution >= 0.6 is 0 Å². The smallest absolute Gasteiger partial charge is 0.166 e. The maximum Gasteiger partial charge on any atom is 0.166 e. The van der Waals surface area contributed by atoms with Crippen LogP contribution in [0.1, 0.15) is 30.4 Å². The molecule has 2 heterocycles. The fraction of sp³-hybridized carbons (Fsp3) is 0.600. The number of methoxy groups -OCH3 is 1. The second kappa shape index (κ2) is 5.00. The number of aliphatic hydroxyl groups excluding tert-OH is 1. The molecule has 0 radical (unpaired) electrons. The van der Waals surface area contributed by atoms with Crippen molar-refractivity contribution in [2.75, 3.05) is 20.2 Å². The monoisotopic (exact) mass is 343 g/mol. The SMILES string of the molecule is C=CCN1CCC23c4c5ccc(OC)c4OC2C(O)CCC3(O)C1C5. The highest BCUT2D eigenvalue weighted by Crippen LogP contribution is 2.65. The van der Waals surface area contributed by atoms with E-state index in [9.17, 15) is 10.2 Å². The highest BCUT2D eigenvalue weighted by molar-refractivity contribution is 5.62. The van der Waals surface area contributed by atoms with E-state index in [1.54, 1.807) is 7.11 Å². The number of hydrogen-bond donors (Lipinski definition) is 2. The average molecular weight is 343 g/mol. The van der Waals surface area contributed by atoms with Crippen molar-refractivity contribution in [2.45, 2.75) is 54.9 Å². The lowest BCUT2D eigenvalue weighted by molar-refractivity contribution is -0.206. The van der Waals surface area contributed by atoms with Gasteiger partial charge in [-0.3, -0.25) is 4.90 Å². The number of nitrogens with zero attached hydrogens (tertiary/aromatic N) is 1. The summed E-state index contributed by atoms with van der Waals surface area (Å²) in [4.78, 5) is 2.35. The van der Waals surface area contributed by atoms with Gasteiger partial charge in [-0.05, 0) is 43.9 Å². The summed E-state index contributed by atoms with van der Waals surface area (Å²) in [6.07, 6.45) is 3.69. The molecule has 1 aromatic rings. The van der Waals surface area contributed by atoms with Crippen molar-refractivity contribution in [2.24, 2.45) is 0 Å². The fourth-order valence-electron chi connectivity index (χ4n) is 6.14. The van der Waals surface area contributed by atoms with Crippen LogP contribution in [0.2, 0.25) is 0 Å². The predicted molar refractivity (Wildman–Crippen MR) is 93.2 cm³/mol. The van der Waals surface area contributed by atoms with E-state index in [-0.39, 0.29) is 6.04 Å². The van der Waals surface area contributed by atoms with Crippen molar-refractivity contribution in [3.8, 4) is 11.5 Å². The minimum Gasteiger partial charge on any atom is -0.493 e. The molecule has 5 atom stereocenters. The standard InChI is InChI=1S/C20H25NO4/c1-3-9-21-10-8-19-16-12-4-5-14(24-2)17(16)25-18(19)13(22)6-7-20(19,23)15(21)11-12/h3-5,13,15,18,22-23H,1,6-11H2,2H3. The highest BCUT2D eigenvalue weighted by Gasteiger charge is 2.72. The lowest BCUT2D eigenvalue weighted by Gasteiger charge is -2.63. The van der Waals surface area contributed by atoms with Gasteiger partial charge in [0.05, 0.1) is 24.2 Å². The van der Waals surface area contributed by atoms with Gasteiger partial charge in [0.1, 0.15) is 6.10 Å². The van der Waals surface area contributed by atoms with E-state index in [0.717, 1.165) is 37.2 Å². The summed E-state index contributed by atoms with van der Waals surface area (Å²) in [5, 5.41) is 22.7. The Balaban J connectivity index is 1.77. The molecule has 2 N–H and O–H groups in total. The summed E-state index contributed by atoms with van der Waals surface area (Å²) in [6.45, 7) is 5.54. The van der Waals surface area contributed by atoms with Crippen LogP contribution in [0.5, 0.6) is 11.5 Å². The highest BCUT2D eigenvalue weighted by atomic mass is 16.5. The Morgan fingerprint density at radius 1 is 1.44 bits per heavy atom. The Labute approximate surface area is 147 Å². The number of ether oxygens (including phenoxy) is 2. The van der Waals surface area contributed by atoms with Crippen molar-refractivity contribution in [3.05, 3.63) is 35.9 Å². The van der Waals surface area contributed by atoms with Gasteiger partial charge in [0.2, 0.25) is 0 Å². The molecule has 134 valence electrons. The molecular formula is C20H25NO4. The van der Waals surface area contributed by atoms with E-state index in [2.05, 4.69) is 17.5 Å². The van der Waals surface area contributed by atoms with Crippen LogP contribution in [0.25, 0.3) is 0 Å². The number of aliphatic hydroxyl groups is 2. The first kappa shape index (κ1) is 15.7. The van der Waals surface area contributed by atoms with Crippen molar-refractivity contribution in [1.82, 2.24) is 4.90 Å². The zero-order chi connectivity index (χ0) is 17.4. The molecule has 2 bridgehead atoms. The Kier molecular flexibility index (Phi) is 3.13. The Morgan fingerprint density at radius 3 is 3.04 bits per heavy atom. The summed E-state index contributed by atoms with van der Waals surface area (Å²) >= 11 is 0. The van der Waals surface area contributed by atoms with E-state index in [1.165, 1.54) is 5.56 Å². The molecule has 1 saturated carbocycles. The molecule has 5 nitrogen and oxygen atoms in total. The Hall–Kier alpha value is -1.56. The van der Waals surface area contributed by atoms with Crippen molar-refractivity contribution in [3.63, 3.8) is 0 Å². The van der Waals surface area contributed by atoms with Crippen molar-refractivity contribution < 1.29 is 19.7 Å². The summed E-state index contributed by atoms with van der Waals surface area (Å²) < 4.78 is 11.8. The molecule has 5 heteroatoms. The molecular weight excluding hydrogens is 318 g/mol. The quantitative estimate of drug-likeness (QED) is 0.813. The van der Waals surface area contributed by atoms with Crippen LogP contribution in [0.4, 0.5) is 0 Å². The van der Waals surface area contributed by atoms with Gasteiger partial charge in [-0.25, -0.2) is 0 Å². The Morgan fingerprint density at radius 2 is 2.28 bits per heavy atom. The van der Waals surface area contributed by atoms with Gasteiger partial charge in [-0.1, -0.05) is 12.1 Å². The van der Waals surface area contributed by atoms with E-state index in [0.29, 0.717) is 18.6 Å². The van der Waals surface area contributed by atoms with E-state index < -0.39 is 23.2 Å². The first-order valence-electron chi connectivity index (χ1n) is 9.19. The van der Waals surface area contributed by atoms with Gasteiger partial charge < -0.3 is 19.7 Å². The molecule has 1 aromatic carbocycles. The molecule has 0 aromatic heterocycles. The van der Waals surface area contributed by atoms with Crippen molar-refractivity contribution >= 4 is 0 Å². The lowest BCUT2D eigenvalue weighted by Crippen LogP contribution is -2.77. The topological polar surface area (TPSA) is 62.2 Å². The number of hydrogen-bond acceptors (Lipinski definition) is 5. The average Bonchev–Trinajstić information content (AvgIpc) is 2.96. The molecule has 2 fully saturated rings. The van der Waals surface area contributed by atoms with E-state index >= 15 is 0 Å². The number of piperidine rings is 1. The normalized spacial score (nSPS) is 41.0. The van der Waals surface area contributed by atoms with Crippen LogP contribution in [0, 0.1) is 0 Å². The van der Waals surface area contributed by atoms with Crippen LogP contribution in [-0.4, -0.2) is 59.2 Å². The van der Waals surface area contributed by atoms with Crippen LogP contribution in [0.15, 0.2) is 24.8 Å². The largest absolute Gasteiger partial charge is 0.493 e. The fourth-order valence-corrected chi connectivity index (χ4v) is 6.14. The van der Waals surface area contributed by atoms with Gasteiger partial charge in [0.25, 0.3) is 0 Å². The third kappa shape index (κ3) is 1.65. The molecule has 2 aliphatic heterocycles. The van der Waals surface area contributed by atoms with Gasteiger partial charge in [0.15, 0.2) is 11.5 Å². The lowest BCUT2D eigenvalue weighted by atomic mass is 9.48. The zero-order valence-corrected chi connectivity index (χ0v) is 14.6. The number of benzene rings is 1. The van der Waals surface area contributed by atoms with Crippen LogP contribution in [0.3, 0.4) is 0 Å². The molecule has 25 heavy (non-hydrogen) atoms. The molecule has 5 unspecified atom stereocenters. The second-order valence-corrected chi connectivity index (χ2v) is 7.92. The predicted octanol–water partition coefficient (Wildman–Crippen LogP) is 1.40. The Bertz CT molecular complexity index is 749. The minimum atomic E-state index is -0.886. The second-order valence-electron chi connectivity index (χ2n) is 7.92. The minimum absolute atomic E-state index is 0.0321. The molecule has 1 spiro atoms. The molecule has 2 aliphatic carbocycles. The van der Waals surface area contributed by atoms with Gasteiger partial charge in [-0.2, -0.15) is 0 Å². The summed E-state index contributed by atoms with van der Waals surface area (Å²) in [7, 11) is 1.64. The zero-order valence-electron chi connectivity index (χ0n) is 14.6. The van der Waals surface area contributed by atoms with Gasteiger partial charge in [0, 0.05) is 18.2 Å². The summed E-state index contributed by atoms with van der Waals surface area (Å²) in [6, 6.07) is 4.09. The summed E-state index contributed by atoms with van der Waals surface area (Å²) in [5.74, 6) is 1.43. The van der Waals surface area contributed by atoms with E-state index in [1.807, 2.05) is 12.1 Å². The maximum absolute atomic E-state index is 12.0. The molecule has 4 aliphatic rings. The molecule has 0 amide bonds. The van der Waals surface area contributed by atoms with E-state index in [4.69, 9.17) is 9.47 Å². The molecule has 5 rings (SSSR count). The third-order valence-corrected chi connectivity index (χ3v) is 7.11. The maximum atomic E-state index is 12.0. The first-order valence-corrected chi connectivity index (χ1v) is 9.19. The van der Waals surface area contributed by atoms with Crippen LogP contribution in [-0.2, 0) is 11.8 Å². The number of rotatable bonds is 3. The van der Waals surface area contributed by atoms with Crippen LogP contribution < -0.4 is 9.47 Å². The van der Waals surface area contributed by atoms with Gasteiger partial charge in [-0.15, -0.1) is 6.58 Å². The molecule has 1 saturated heterocycles. The summed E-state index contributed by atoms with van der Waals surface area (Å²) in [5.41, 5.74) is 0.885. The number of likely N-dealkylation sites (tertiary alicyclic amines) is 1. The first-order chi connectivity index (χ1) is 12.1. The van der Waals surface area contributed by atoms with Gasteiger partial charge >= 0.3 is 0 Å². The third-order valence-electron chi connectivity index (χ3n) is 7.11. The van der Waals surface area contributed by atoms with Crippen molar-refractivity contribution in [1.29, 1.82) is 0 Å².